The second-order valence-electron chi connectivity index (χ2n) is 4.89. The van der Waals surface area contributed by atoms with Crippen molar-refractivity contribution in [2.75, 3.05) is 7.11 Å². The lowest BCUT2D eigenvalue weighted by atomic mass is 10.2. The quantitative estimate of drug-likeness (QED) is 0.794. The number of rotatable bonds is 3. The Balaban J connectivity index is 2.06. The number of hydrogen-bond donors (Lipinski definition) is 1. The van der Waals surface area contributed by atoms with Gasteiger partial charge in [-0.25, -0.2) is 4.79 Å². The van der Waals surface area contributed by atoms with Gasteiger partial charge in [0.05, 0.1) is 24.7 Å². The number of nitrogens with one attached hydrogen (secondary N) is 1. The van der Waals surface area contributed by atoms with Crippen molar-refractivity contribution in [2.24, 2.45) is 0 Å². The summed E-state index contributed by atoms with van der Waals surface area (Å²) < 4.78 is 6.95. The van der Waals surface area contributed by atoms with E-state index in [9.17, 15) is 4.79 Å². The molecule has 0 unspecified atom stereocenters. The molecule has 0 spiro atoms. The van der Waals surface area contributed by atoms with Crippen LogP contribution in [-0.2, 0) is 6.54 Å². The minimum absolute atomic E-state index is 0.0894. The van der Waals surface area contributed by atoms with Crippen molar-refractivity contribution in [2.45, 2.75) is 13.5 Å². The van der Waals surface area contributed by atoms with Crippen LogP contribution in [0.15, 0.2) is 47.3 Å². The summed E-state index contributed by atoms with van der Waals surface area (Å²) in [4.78, 5) is 15.0. The number of fused-ring (bicyclic) bond motifs is 1. The minimum Gasteiger partial charge on any atom is -0.497 e. The van der Waals surface area contributed by atoms with Gasteiger partial charge in [-0.3, -0.25) is 4.57 Å². The molecule has 0 aliphatic carbocycles. The van der Waals surface area contributed by atoms with Crippen LogP contribution in [0.25, 0.3) is 11.0 Å². The van der Waals surface area contributed by atoms with E-state index in [1.807, 2.05) is 49.4 Å². The number of aromatic nitrogens is 2. The van der Waals surface area contributed by atoms with Crippen molar-refractivity contribution in [1.82, 2.24) is 9.55 Å². The molecule has 0 aliphatic rings. The molecule has 3 rings (SSSR count). The lowest BCUT2D eigenvalue weighted by Crippen LogP contribution is -2.17. The maximum atomic E-state index is 12.1. The van der Waals surface area contributed by atoms with E-state index in [0.29, 0.717) is 6.54 Å². The summed E-state index contributed by atoms with van der Waals surface area (Å²) in [6.07, 6.45) is 0. The van der Waals surface area contributed by atoms with E-state index in [-0.39, 0.29) is 5.69 Å². The van der Waals surface area contributed by atoms with Crippen LogP contribution in [0, 0.1) is 6.92 Å². The smallest absolute Gasteiger partial charge is 0.326 e. The van der Waals surface area contributed by atoms with E-state index in [4.69, 9.17) is 4.74 Å². The number of hydrogen-bond acceptors (Lipinski definition) is 2. The topological polar surface area (TPSA) is 47.0 Å². The van der Waals surface area contributed by atoms with Crippen molar-refractivity contribution in [3.8, 4) is 5.75 Å². The zero-order valence-corrected chi connectivity index (χ0v) is 11.5. The van der Waals surface area contributed by atoms with Crippen LogP contribution in [0.4, 0.5) is 0 Å². The first-order valence-corrected chi connectivity index (χ1v) is 6.49. The van der Waals surface area contributed by atoms with Crippen molar-refractivity contribution in [1.29, 1.82) is 0 Å². The van der Waals surface area contributed by atoms with E-state index < -0.39 is 0 Å². The Hall–Kier alpha value is -2.49. The van der Waals surface area contributed by atoms with E-state index >= 15 is 0 Å². The summed E-state index contributed by atoms with van der Waals surface area (Å²) in [5.41, 5.74) is 3.87. The number of aryl methyl sites for hydroxylation is 1. The van der Waals surface area contributed by atoms with E-state index in [1.165, 1.54) is 0 Å². The molecule has 4 heteroatoms. The molecule has 2 aromatic carbocycles. The van der Waals surface area contributed by atoms with Crippen molar-refractivity contribution >= 4 is 11.0 Å². The zero-order chi connectivity index (χ0) is 14.1. The molecule has 4 nitrogen and oxygen atoms in total. The van der Waals surface area contributed by atoms with Crippen LogP contribution in [0.5, 0.6) is 5.75 Å². The van der Waals surface area contributed by atoms with Crippen LogP contribution in [0.3, 0.4) is 0 Å². The van der Waals surface area contributed by atoms with Gasteiger partial charge in [0, 0.05) is 0 Å². The first-order valence-electron chi connectivity index (χ1n) is 6.49. The normalized spacial score (nSPS) is 10.9. The Morgan fingerprint density at radius 2 is 2.05 bits per heavy atom. The molecule has 1 aromatic heterocycles. The van der Waals surface area contributed by atoms with Gasteiger partial charge in [-0.05, 0) is 42.3 Å². The molecule has 0 radical (unpaired) electrons. The number of H-pyrrole nitrogens is 1. The van der Waals surface area contributed by atoms with Gasteiger partial charge in [-0.1, -0.05) is 18.2 Å². The molecule has 1 heterocycles. The van der Waals surface area contributed by atoms with Crippen LogP contribution in [-0.4, -0.2) is 16.7 Å². The number of imidazole rings is 1. The van der Waals surface area contributed by atoms with Crippen LogP contribution in [0.2, 0.25) is 0 Å². The molecule has 3 aromatic rings. The first-order chi connectivity index (χ1) is 9.67. The summed E-state index contributed by atoms with van der Waals surface area (Å²) in [5, 5.41) is 0. The average molecular weight is 268 g/mol. The second-order valence-corrected chi connectivity index (χ2v) is 4.89. The third-order valence-corrected chi connectivity index (χ3v) is 3.40. The molecule has 0 fully saturated rings. The fraction of sp³-hybridized carbons (Fsp3) is 0.188. The average Bonchev–Trinajstić information content (AvgIpc) is 2.74. The van der Waals surface area contributed by atoms with Crippen LogP contribution < -0.4 is 10.4 Å². The number of nitrogens with zero attached hydrogens (tertiary/aromatic N) is 1. The number of aromatic amines is 1. The lowest BCUT2D eigenvalue weighted by molar-refractivity contribution is 0.414. The Morgan fingerprint density at radius 3 is 2.85 bits per heavy atom. The van der Waals surface area contributed by atoms with Gasteiger partial charge in [-0.2, -0.15) is 0 Å². The fourth-order valence-electron chi connectivity index (χ4n) is 2.39. The highest BCUT2D eigenvalue weighted by Crippen LogP contribution is 2.16. The molecule has 0 saturated heterocycles. The molecule has 0 atom stereocenters. The molecular formula is C16H16N2O2. The Labute approximate surface area is 116 Å². The number of methoxy groups -OCH3 is 1. The second kappa shape index (κ2) is 4.89. The predicted octanol–water partition coefficient (Wildman–Crippen LogP) is 2.69. The molecule has 20 heavy (non-hydrogen) atoms. The van der Waals surface area contributed by atoms with Gasteiger partial charge in [0.15, 0.2) is 0 Å². The largest absolute Gasteiger partial charge is 0.497 e. The maximum absolute atomic E-state index is 12.1. The summed E-state index contributed by atoms with van der Waals surface area (Å²) >= 11 is 0. The monoisotopic (exact) mass is 268 g/mol. The summed E-state index contributed by atoms with van der Waals surface area (Å²) in [7, 11) is 1.64. The SMILES string of the molecule is COc1cccc(Cn2c(=O)[nH]c3cc(C)ccc32)c1. The lowest BCUT2D eigenvalue weighted by Gasteiger charge is -2.06. The van der Waals surface area contributed by atoms with Crippen LogP contribution >= 0.6 is 0 Å². The van der Waals surface area contributed by atoms with Gasteiger partial charge in [0.25, 0.3) is 0 Å². The Kier molecular flexibility index (Phi) is 3.06. The molecule has 0 saturated carbocycles. The van der Waals surface area contributed by atoms with Gasteiger partial charge in [0.1, 0.15) is 5.75 Å². The highest BCUT2D eigenvalue weighted by atomic mass is 16.5. The standard InChI is InChI=1S/C16H16N2O2/c1-11-6-7-15-14(8-11)17-16(19)18(15)10-12-4-3-5-13(9-12)20-2/h3-9H,10H2,1-2H3,(H,17,19). The van der Waals surface area contributed by atoms with Gasteiger partial charge in [0.2, 0.25) is 0 Å². The molecule has 102 valence electrons. The van der Waals surface area contributed by atoms with Gasteiger partial charge in [-0.15, -0.1) is 0 Å². The summed E-state index contributed by atoms with van der Waals surface area (Å²) in [6, 6.07) is 13.7. The Bertz CT molecular complexity index is 815. The summed E-state index contributed by atoms with van der Waals surface area (Å²) in [6.45, 7) is 2.54. The summed E-state index contributed by atoms with van der Waals surface area (Å²) in [5.74, 6) is 0.797. The predicted molar refractivity (Wildman–Crippen MR) is 79.4 cm³/mol. The van der Waals surface area contributed by atoms with E-state index in [2.05, 4.69) is 4.98 Å². The van der Waals surface area contributed by atoms with Gasteiger partial charge < -0.3 is 9.72 Å². The van der Waals surface area contributed by atoms with Crippen LogP contribution in [0.1, 0.15) is 11.1 Å². The Morgan fingerprint density at radius 1 is 1.20 bits per heavy atom. The molecule has 0 aliphatic heterocycles. The minimum atomic E-state index is -0.0894. The molecule has 1 N–H and O–H groups in total. The van der Waals surface area contributed by atoms with Crippen molar-refractivity contribution in [3.63, 3.8) is 0 Å². The number of benzene rings is 2. The molecule has 0 amide bonds. The maximum Gasteiger partial charge on any atom is 0.326 e. The van der Waals surface area contributed by atoms with Gasteiger partial charge >= 0.3 is 5.69 Å². The number of ether oxygens (including phenoxy) is 1. The third-order valence-electron chi connectivity index (χ3n) is 3.40. The fourth-order valence-corrected chi connectivity index (χ4v) is 2.39. The highest BCUT2D eigenvalue weighted by Gasteiger charge is 2.07. The van der Waals surface area contributed by atoms with Crippen molar-refractivity contribution < 1.29 is 4.74 Å². The third kappa shape index (κ3) is 2.20. The molecule has 0 bridgehead atoms. The molecular weight excluding hydrogens is 252 g/mol. The van der Waals surface area contributed by atoms with E-state index in [1.54, 1.807) is 11.7 Å². The first kappa shape index (κ1) is 12.5. The zero-order valence-electron chi connectivity index (χ0n) is 11.5. The van der Waals surface area contributed by atoms with E-state index in [0.717, 1.165) is 27.9 Å². The van der Waals surface area contributed by atoms with Crippen molar-refractivity contribution in [3.05, 3.63) is 64.1 Å². The highest BCUT2D eigenvalue weighted by molar-refractivity contribution is 5.76.